The van der Waals surface area contributed by atoms with Gasteiger partial charge < -0.3 is 19.2 Å². The van der Waals surface area contributed by atoms with Crippen LogP contribution in [0.1, 0.15) is 0 Å². The van der Waals surface area contributed by atoms with Gasteiger partial charge in [-0.3, -0.25) is 17.8 Å². The maximum atomic E-state index is 11.1. The van der Waals surface area contributed by atoms with Crippen molar-refractivity contribution in [3.63, 3.8) is 0 Å². The quantitative estimate of drug-likeness (QED) is 0.594. The van der Waals surface area contributed by atoms with E-state index in [0.717, 1.165) is 13.4 Å². The standard InChI is InChI=1S/C2H9O8P3S2/c1-8-11(3,4)9-13(7,14)10-12(5,6)15-2/h1-2H3,(H,3,4)(H,5,6)(H,7,14)/p-3. The van der Waals surface area contributed by atoms with E-state index in [2.05, 4.69) is 25.0 Å². The summed E-state index contributed by atoms with van der Waals surface area (Å²) in [6, 6.07) is 0. The van der Waals surface area contributed by atoms with Gasteiger partial charge in [0.05, 0.1) is 0 Å². The molecule has 8 nitrogen and oxygen atoms in total. The normalized spacial score (nSPS) is 23.8. The van der Waals surface area contributed by atoms with Crippen LogP contribution in [0.5, 0.6) is 0 Å². The average Bonchev–Trinajstić information content (AvgIpc) is 2.00. The first-order chi connectivity index (χ1) is 6.54. The van der Waals surface area contributed by atoms with Crippen molar-refractivity contribution in [2.75, 3.05) is 13.4 Å². The van der Waals surface area contributed by atoms with Gasteiger partial charge >= 0.3 is 0 Å². The second kappa shape index (κ2) is 5.71. The molecule has 0 rings (SSSR count). The van der Waals surface area contributed by atoms with Crippen LogP contribution in [0.25, 0.3) is 0 Å². The molecule has 3 unspecified atom stereocenters. The summed E-state index contributed by atoms with van der Waals surface area (Å²) in [4.78, 5) is 32.6. The summed E-state index contributed by atoms with van der Waals surface area (Å²) in [5, 5.41) is 0. The fourth-order valence-electron chi connectivity index (χ4n) is 0.327. The van der Waals surface area contributed by atoms with Gasteiger partial charge in [0.2, 0.25) is 0 Å². The molecule has 0 spiro atoms. The lowest BCUT2D eigenvalue weighted by Crippen LogP contribution is -2.13. The third-order valence-electron chi connectivity index (χ3n) is 0.847. The molecule has 3 atom stereocenters. The SMILES string of the molecule is COP(=O)([O-])OP([O-])(=S)OP(=O)([O-])SC. The molecule has 0 aromatic rings. The van der Waals surface area contributed by atoms with Gasteiger partial charge in [-0.25, -0.2) is 0 Å². The Bertz CT molecular complexity index is 324. The van der Waals surface area contributed by atoms with Crippen molar-refractivity contribution in [1.29, 1.82) is 0 Å². The molecule has 0 aliphatic rings. The van der Waals surface area contributed by atoms with Crippen molar-refractivity contribution in [1.82, 2.24) is 0 Å². The van der Waals surface area contributed by atoms with Gasteiger partial charge in [-0.05, 0) is 6.26 Å². The summed E-state index contributed by atoms with van der Waals surface area (Å²) in [5.41, 5.74) is 0. The maximum absolute atomic E-state index is 11.1. The van der Waals surface area contributed by atoms with Crippen LogP contribution in [0, 0.1) is 0 Å². The molecule has 0 fully saturated rings. The average molecular weight is 315 g/mol. The van der Waals surface area contributed by atoms with Crippen molar-refractivity contribution < 1.29 is 37.0 Å². The van der Waals surface area contributed by atoms with E-state index in [4.69, 9.17) is 0 Å². The van der Waals surface area contributed by atoms with Gasteiger partial charge in [-0.1, -0.05) is 23.2 Å². The van der Waals surface area contributed by atoms with E-state index in [0.29, 0.717) is 0 Å². The monoisotopic (exact) mass is 315 g/mol. The number of rotatable bonds is 6. The fourth-order valence-corrected chi connectivity index (χ4v) is 6.50. The Labute approximate surface area is 95.1 Å². The molecule has 0 aliphatic heterocycles. The topological polar surface area (TPSA) is 131 Å². The lowest BCUT2D eigenvalue weighted by Gasteiger charge is -2.36. The molecular weight excluding hydrogens is 309 g/mol. The van der Waals surface area contributed by atoms with Crippen molar-refractivity contribution >= 4 is 44.5 Å². The highest BCUT2D eigenvalue weighted by Gasteiger charge is 2.19. The second-order valence-electron chi connectivity index (χ2n) is 1.87. The third kappa shape index (κ3) is 7.20. The Hall–Kier alpha value is 1.22. The zero-order valence-corrected chi connectivity index (χ0v) is 11.7. The van der Waals surface area contributed by atoms with E-state index in [9.17, 15) is 23.8 Å². The van der Waals surface area contributed by atoms with Crippen molar-refractivity contribution in [2.24, 2.45) is 0 Å². The predicted molar refractivity (Wildman–Crippen MR) is 52.2 cm³/mol. The lowest BCUT2D eigenvalue weighted by molar-refractivity contribution is -0.233. The highest BCUT2D eigenvalue weighted by Crippen LogP contribution is 2.66. The Morgan fingerprint density at radius 3 is 2.00 bits per heavy atom. The smallest absolute Gasteiger partial charge is 0.272 e. The van der Waals surface area contributed by atoms with Crippen LogP contribution in [0.4, 0.5) is 0 Å². The van der Waals surface area contributed by atoms with Gasteiger partial charge in [-0.2, -0.15) is 0 Å². The zero-order valence-electron chi connectivity index (χ0n) is 7.42. The Morgan fingerprint density at radius 2 is 1.67 bits per heavy atom. The molecule has 0 saturated heterocycles. The summed E-state index contributed by atoms with van der Waals surface area (Å²) in [6.45, 7) is -9.22. The summed E-state index contributed by atoms with van der Waals surface area (Å²) in [5.74, 6) is 0. The number of hydrogen-bond donors (Lipinski definition) is 0. The summed E-state index contributed by atoms with van der Waals surface area (Å²) >= 11 is 4.26. The predicted octanol–water partition coefficient (Wildman–Crippen LogP) is -0.449. The molecule has 0 amide bonds. The fraction of sp³-hybridized carbons (Fsp3) is 1.00. The van der Waals surface area contributed by atoms with E-state index >= 15 is 0 Å². The van der Waals surface area contributed by atoms with Crippen molar-refractivity contribution in [3.8, 4) is 0 Å². The van der Waals surface area contributed by atoms with Crippen LogP contribution in [0.2, 0.25) is 0 Å². The molecule has 15 heavy (non-hydrogen) atoms. The molecule has 0 saturated carbocycles. The molecule has 0 heterocycles. The highest BCUT2D eigenvalue weighted by molar-refractivity contribution is 8.54. The second-order valence-corrected chi connectivity index (χ2v) is 10.4. The Morgan fingerprint density at radius 1 is 1.20 bits per heavy atom. The van der Waals surface area contributed by atoms with Crippen LogP contribution < -0.4 is 14.7 Å². The van der Waals surface area contributed by atoms with Crippen molar-refractivity contribution in [3.05, 3.63) is 0 Å². The lowest BCUT2D eigenvalue weighted by atomic mass is 11.8. The molecule has 0 aromatic carbocycles. The molecular formula is C2H6O8P3S2-3. The van der Waals surface area contributed by atoms with Gasteiger partial charge in [0.25, 0.3) is 7.82 Å². The van der Waals surface area contributed by atoms with Crippen LogP contribution in [-0.2, 0) is 34.1 Å². The van der Waals surface area contributed by atoms with Gasteiger partial charge in [0, 0.05) is 7.11 Å². The number of hydrogen-bond acceptors (Lipinski definition) is 10. The third-order valence-corrected chi connectivity index (χ3v) is 8.08. The highest BCUT2D eigenvalue weighted by atomic mass is 32.7. The minimum Gasteiger partial charge on any atom is -0.779 e. The zero-order chi connectivity index (χ0) is 12.3. The molecule has 0 aromatic heterocycles. The van der Waals surface area contributed by atoms with Crippen LogP contribution in [0.15, 0.2) is 0 Å². The molecule has 0 N–H and O–H groups in total. The summed E-state index contributed by atoms with van der Waals surface area (Å²) in [7, 11) is -4.17. The molecule has 0 aliphatic carbocycles. The van der Waals surface area contributed by atoms with Crippen LogP contribution in [0.3, 0.4) is 0 Å². The molecule has 0 radical (unpaired) electrons. The van der Waals surface area contributed by atoms with Crippen LogP contribution >= 0.6 is 32.7 Å². The Balaban J connectivity index is 4.66. The maximum Gasteiger partial charge on any atom is 0.272 e. The largest absolute Gasteiger partial charge is 0.779 e. The molecule has 92 valence electrons. The first kappa shape index (κ1) is 16.2. The Kier molecular flexibility index (Phi) is 6.17. The minimum absolute atomic E-state index is 0.214. The van der Waals surface area contributed by atoms with Crippen molar-refractivity contribution in [2.45, 2.75) is 0 Å². The van der Waals surface area contributed by atoms with Gasteiger partial charge in [0.1, 0.15) is 6.72 Å². The van der Waals surface area contributed by atoms with Gasteiger partial charge in [0.15, 0.2) is 6.80 Å². The minimum atomic E-state index is -4.90. The number of phosphoric ester groups is 1. The first-order valence-electron chi connectivity index (χ1n) is 3.01. The first-order valence-corrected chi connectivity index (χ1v) is 10.4. The van der Waals surface area contributed by atoms with E-state index in [1.54, 1.807) is 0 Å². The van der Waals surface area contributed by atoms with E-state index < -0.39 is 21.3 Å². The van der Waals surface area contributed by atoms with E-state index in [-0.39, 0.29) is 11.4 Å². The summed E-state index contributed by atoms with van der Waals surface area (Å²) in [6.07, 6.45) is 1.12. The van der Waals surface area contributed by atoms with Crippen LogP contribution in [-0.4, -0.2) is 13.4 Å². The van der Waals surface area contributed by atoms with E-state index in [1.807, 2.05) is 0 Å². The summed E-state index contributed by atoms with van der Waals surface area (Å²) < 4.78 is 32.9. The van der Waals surface area contributed by atoms with Gasteiger partial charge in [-0.15, -0.1) is 0 Å². The van der Waals surface area contributed by atoms with E-state index in [1.165, 1.54) is 0 Å². The molecule has 0 bridgehead atoms. The molecule has 13 heteroatoms. The number of phosphoric acid groups is 1.